The Morgan fingerprint density at radius 2 is 1.52 bits per heavy atom. The summed E-state index contributed by atoms with van der Waals surface area (Å²) in [5, 5.41) is 14.8. The molecule has 0 spiro atoms. The average molecular weight is 356 g/mol. The molecule has 0 aromatic heterocycles. The van der Waals surface area contributed by atoms with Crippen LogP contribution in [0.5, 0.6) is 17.2 Å². The van der Waals surface area contributed by atoms with Gasteiger partial charge < -0.3 is 9.84 Å². The van der Waals surface area contributed by atoms with Crippen molar-refractivity contribution in [1.82, 2.24) is 0 Å². The van der Waals surface area contributed by atoms with Crippen molar-refractivity contribution in [3.63, 3.8) is 0 Å². The maximum Gasteiger partial charge on any atom is 0.131 e. The van der Waals surface area contributed by atoms with Crippen LogP contribution in [0.3, 0.4) is 0 Å². The van der Waals surface area contributed by atoms with Crippen LogP contribution >= 0.6 is 0 Å². The van der Waals surface area contributed by atoms with Crippen molar-refractivity contribution >= 4 is 21.5 Å². The van der Waals surface area contributed by atoms with Gasteiger partial charge in [-0.1, -0.05) is 51.1 Å². The summed E-state index contributed by atoms with van der Waals surface area (Å²) in [6.07, 6.45) is 0.909. The number of phenols is 1. The highest BCUT2D eigenvalue weighted by Gasteiger charge is 2.10. The van der Waals surface area contributed by atoms with Crippen molar-refractivity contribution in [3.05, 3.63) is 77.9 Å². The van der Waals surface area contributed by atoms with Crippen LogP contribution in [0.4, 0.5) is 0 Å². The number of phenolic OH excluding ortho intramolecular Hbond substituents is 1. The Morgan fingerprint density at radius 3 is 2.22 bits per heavy atom. The lowest BCUT2D eigenvalue weighted by Gasteiger charge is -2.14. The summed E-state index contributed by atoms with van der Waals surface area (Å²) in [5.74, 6) is 2.30. The van der Waals surface area contributed by atoms with E-state index in [9.17, 15) is 5.11 Å². The first kappa shape index (κ1) is 17.4. The van der Waals surface area contributed by atoms with Crippen molar-refractivity contribution in [1.29, 1.82) is 0 Å². The lowest BCUT2D eigenvalue weighted by Crippen LogP contribution is -1.92. The minimum absolute atomic E-state index is 0.287. The van der Waals surface area contributed by atoms with Crippen LogP contribution in [-0.4, -0.2) is 5.11 Å². The normalized spacial score (nSPS) is 11.4. The van der Waals surface area contributed by atoms with E-state index in [0.717, 1.165) is 34.3 Å². The number of hydrogen-bond donors (Lipinski definition) is 1. The van der Waals surface area contributed by atoms with E-state index in [1.807, 2.05) is 24.3 Å². The van der Waals surface area contributed by atoms with Gasteiger partial charge in [-0.15, -0.1) is 0 Å². The van der Waals surface area contributed by atoms with Crippen LogP contribution in [0.2, 0.25) is 0 Å². The number of hydrogen-bond acceptors (Lipinski definition) is 2. The van der Waals surface area contributed by atoms with Gasteiger partial charge in [-0.05, 0) is 81.4 Å². The third-order valence-corrected chi connectivity index (χ3v) is 5.12. The summed E-state index contributed by atoms with van der Waals surface area (Å²) in [5.41, 5.74) is 2.16. The molecule has 136 valence electrons. The lowest BCUT2D eigenvalue weighted by atomic mass is 9.98. The molecule has 0 aliphatic carbocycles. The molecule has 1 N–H and O–H groups in total. The summed E-state index contributed by atoms with van der Waals surface area (Å²) in [4.78, 5) is 0. The first-order chi connectivity index (χ1) is 13.0. The Kier molecular flexibility index (Phi) is 4.49. The molecule has 0 heterocycles. The summed E-state index contributed by atoms with van der Waals surface area (Å²) < 4.78 is 6.25. The van der Waals surface area contributed by atoms with Gasteiger partial charge in [0.25, 0.3) is 0 Å². The topological polar surface area (TPSA) is 29.5 Å². The molecule has 0 bridgehead atoms. The first-order valence-electron chi connectivity index (χ1n) is 9.51. The molecule has 0 aliphatic rings. The molecule has 2 heteroatoms. The molecule has 0 radical (unpaired) electrons. The Labute approximate surface area is 160 Å². The Morgan fingerprint density at radius 1 is 0.815 bits per heavy atom. The predicted molar refractivity (Wildman–Crippen MR) is 113 cm³/mol. The van der Waals surface area contributed by atoms with E-state index in [0.29, 0.717) is 5.75 Å². The van der Waals surface area contributed by atoms with E-state index in [2.05, 4.69) is 63.2 Å². The molecule has 0 atom stereocenters. The van der Waals surface area contributed by atoms with Gasteiger partial charge in [0, 0.05) is 0 Å². The van der Waals surface area contributed by atoms with Gasteiger partial charge in [0.2, 0.25) is 0 Å². The SMILES string of the molecule is CCc1cc2ccccc2cc1Oc1ccc2cc(C(C)C)c(O)cc2c1. The highest BCUT2D eigenvalue weighted by molar-refractivity contribution is 5.87. The molecule has 0 fully saturated rings. The van der Waals surface area contributed by atoms with Gasteiger partial charge in [-0.25, -0.2) is 0 Å². The molecule has 0 amide bonds. The highest BCUT2D eigenvalue weighted by Crippen LogP contribution is 2.35. The number of benzene rings is 4. The number of rotatable bonds is 4. The molecule has 0 saturated carbocycles. The second kappa shape index (κ2) is 6.96. The van der Waals surface area contributed by atoms with E-state index in [1.165, 1.54) is 16.3 Å². The first-order valence-corrected chi connectivity index (χ1v) is 9.51. The molecule has 27 heavy (non-hydrogen) atoms. The molecule has 0 unspecified atom stereocenters. The number of aromatic hydroxyl groups is 1. The Balaban J connectivity index is 1.75. The van der Waals surface area contributed by atoms with Crippen molar-refractivity contribution in [2.24, 2.45) is 0 Å². The van der Waals surface area contributed by atoms with Gasteiger partial charge in [0.15, 0.2) is 0 Å². The van der Waals surface area contributed by atoms with Crippen LogP contribution in [0.25, 0.3) is 21.5 Å². The fourth-order valence-electron chi connectivity index (χ4n) is 3.57. The molecule has 2 nitrogen and oxygen atoms in total. The zero-order valence-corrected chi connectivity index (χ0v) is 16.0. The fourth-order valence-corrected chi connectivity index (χ4v) is 3.57. The minimum Gasteiger partial charge on any atom is -0.508 e. The van der Waals surface area contributed by atoms with E-state index in [-0.39, 0.29) is 5.92 Å². The van der Waals surface area contributed by atoms with E-state index >= 15 is 0 Å². The third-order valence-electron chi connectivity index (χ3n) is 5.12. The van der Waals surface area contributed by atoms with E-state index in [4.69, 9.17) is 4.74 Å². The summed E-state index contributed by atoms with van der Waals surface area (Å²) in [7, 11) is 0. The zero-order chi connectivity index (χ0) is 19.0. The number of aryl methyl sites for hydroxylation is 1. The second-order valence-electron chi connectivity index (χ2n) is 7.34. The summed E-state index contributed by atoms with van der Waals surface area (Å²) in [6, 6.07) is 22.6. The average Bonchev–Trinajstić information content (AvgIpc) is 2.66. The molecule has 0 aliphatic heterocycles. The molecule has 0 saturated heterocycles. The Hall–Kier alpha value is -3.00. The number of ether oxygens (including phenoxy) is 1. The van der Waals surface area contributed by atoms with Crippen molar-refractivity contribution < 1.29 is 9.84 Å². The second-order valence-corrected chi connectivity index (χ2v) is 7.34. The monoisotopic (exact) mass is 356 g/mol. The van der Waals surface area contributed by atoms with Crippen LogP contribution < -0.4 is 4.74 Å². The van der Waals surface area contributed by atoms with Crippen LogP contribution in [0.15, 0.2) is 66.7 Å². The Bertz CT molecular complexity index is 1130. The predicted octanol–water partition coefficient (Wildman–Crippen LogP) is 7.18. The van der Waals surface area contributed by atoms with Crippen LogP contribution in [0, 0.1) is 0 Å². The summed E-state index contributed by atoms with van der Waals surface area (Å²) >= 11 is 0. The smallest absolute Gasteiger partial charge is 0.131 e. The van der Waals surface area contributed by atoms with Crippen molar-refractivity contribution in [2.45, 2.75) is 33.1 Å². The summed E-state index contributed by atoms with van der Waals surface area (Å²) in [6.45, 7) is 6.32. The molecule has 4 aromatic carbocycles. The van der Waals surface area contributed by atoms with E-state index < -0.39 is 0 Å². The molecular weight excluding hydrogens is 332 g/mol. The van der Waals surface area contributed by atoms with Gasteiger partial charge in [-0.2, -0.15) is 0 Å². The van der Waals surface area contributed by atoms with Crippen LogP contribution in [-0.2, 0) is 6.42 Å². The molecule has 4 aromatic rings. The zero-order valence-electron chi connectivity index (χ0n) is 16.0. The van der Waals surface area contributed by atoms with Crippen LogP contribution in [0.1, 0.15) is 37.8 Å². The largest absolute Gasteiger partial charge is 0.508 e. The van der Waals surface area contributed by atoms with E-state index in [1.54, 1.807) is 0 Å². The molecule has 4 rings (SSSR count). The van der Waals surface area contributed by atoms with Gasteiger partial charge in [0.1, 0.15) is 17.2 Å². The standard InChI is InChI=1S/C25H24O2/c1-4-17-11-18-7-5-6-8-19(18)15-25(17)27-22-10-9-20-13-23(16(2)3)24(26)14-21(20)12-22/h5-16,26H,4H2,1-3H3. The maximum atomic E-state index is 10.3. The highest BCUT2D eigenvalue weighted by atomic mass is 16.5. The third kappa shape index (κ3) is 3.35. The van der Waals surface area contributed by atoms with Crippen molar-refractivity contribution in [2.75, 3.05) is 0 Å². The molecular formula is C25H24O2. The van der Waals surface area contributed by atoms with Crippen molar-refractivity contribution in [3.8, 4) is 17.2 Å². The maximum absolute atomic E-state index is 10.3. The minimum atomic E-state index is 0.287. The van der Waals surface area contributed by atoms with Gasteiger partial charge in [-0.3, -0.25) is 0 Å². The lowest BCUT2D eigenvalue weighted by molar-refractivity contribution is 0.465. The van der Waals surface area contributed by atoms with Gasteiger partial charge >= 0.3 is 0 Å². The van der Waals surface area contributed by atoms with Gasteiger partial charge in [0.05, 0.1) is 0 Å². The quantitative estimate of drug-likeness (QED) is 0.420. The number of fused-ring (bicyclic) bond motifs is 2. The fraction of sp³-hybridized carbons (Fsp3) is 0.200.